The fourth-order valence-corrected chi connectivity index (χ4v) is 0.527. The van der Waals surface area contributed by atoms with E-state index in [2.05, 4.69) is 4.74 Å². The number of hydrogen-bond acceptors (Lipinski definition) is 6. The van der Waals surface area contributed by atoms with Gasteiger partial charge in [0, 0.05) is 0 Å². The summed E-state index contributed by atoms with van der Waals surface area (Å²) >= 11 is 0. The van der Waals surface area contributed by atoms with Crippen molar-refractivity contribution in [3.63, 3.8) is 0 Å². The van der Waals surface area contributed by atoms with E-state index >= 15 is 0 Å². The van der Waals surface area contributed by atoms with Crippen LogP contribution in [0, 0.1) is 0 Å². The summed E-state index contributed by atoms with van der Waals surface area (Å²) < 4.78 is 4.05. The first-order chi connectivity index (χ1) is 5.54. The summed E-state index contributed by atoms with van der Waals surface area (Å²) in [6.45, 7) is 0. The molecule has 0 saturated carbocycles. The highest BCUT2D eigenvalue weighted by Crippen LogP contribution is 1.99. The third-order valence-corrected chi connectivity index (χ3v) is 1.26. The minimum absolute atomic E-state index is 0.0107. The zero-order chi connectivity index (χ0) is 9.72. The molecule has 0 spiro atoms. The summed E-state index contributed by atoms with van der Waals surface area (Å²) in [5.74, 6) is -1.11. The molecule has 6 heteroatoms. The number of aldehydes is 1. The Balaban J connectivity index is 4.17. The molecule has 0 aliphatic carbocycles. The normalized spacial score (nSPS) is 17.7. The maximum atomic E-state index is 10.5. The van der Waals surface area contributed by atoms with E-state index in [1.807, 2.05) is 0 Å². The van der Waals surface area contributed by atoms with Crippen molar-refractivity contribution in [2.24, 2.45) is 0 Å². The molecule has 3 N–H and O–H groups in total. The van der Waals surface area contributed by atoms with Crippen LogP contribution in [0.2, 0.25) is 0 Å². The smallest absolute Gasteiger partial charge is 0.337 e. The number of carbonyl (C=O) groups is 2. The molecular weight excluding hydrogens is 168 g/mol. The summed E-state index contributed by atoms with van der Waals surface area (Å²) in [5.41, 5.74) is 0. The van der Waals surface area contributed by atoms with Gasteiger partial charge in [-0.25, -0.2) is 4.79 Å². The van der Waals surface area contributed by atoms with Crippen LogP contribution >= 0.6 is 0 Å². The Morgan fingerprint density at radius 2 is 1.92 bits per heavy atom. The van der Waals surface area contributed by atoms with Crippen molar-refractivity contribution in [3.05, 3.63) is 0 Å². The number of carbonyl (C=O) groups excluding carboxylic acids is 2. The maximum absolute atomic E-state index is 10.5. The lowest BCUT2D eigenvalue weighted by Gasteiger charge is -2.16. The van der Waals surface area contributed by atoms with E-state index in [9.17, 15) is 9.59 Å². The molecule has 0 bridgehead atoms. The van der Waals surface area contributed by atoms with Crippen molar-refractivity contribution >= 4 is 12.3 Å². The molecule has 0 rings (SSSR count). The molecular formula is C6H10O6. The number of methoxy groups -OCH3 is 1. The summed E-state index contributed by atoms with van der Waals surface area (Å²) in [6, 6.07) is 0. The lowest BCUT2D eigenvalue weighted by molar-refractivity contribution is -0.161. The van der Waals surface area contributed by atoms with Crippen molar-refractivity contribution in [1.29, 1.82) is 0 Å². The number of rotatable bonds is 4. The van der Waals surface area contributed by atoms with Crippen LogP contribution in [0.4, 0.5) is 0 Å². The highest BCUT2D eigenvalue weighted by molar-refractivity contribution is 5.76. The highest BCUT2D eigenvalue weighted by Gasteiger charge is 2.30. The Kier molecular flexibility index (Phi) is 4.42. The SMILES string of the molecule is COC(=O)[C@@H](O)[C@H](O)[C@H](O)C=O. The van der Waals surface area contributed by atoms with Crippen molar-refractivity contribution in [3.8, 4) is 0 Å². The van der Waals surface area contributed by atoms with Crippen LogP contribution in [-0.2, 0) is 14.3 Å². The van der Waals surface area contributed by atoms with Gasteiger partial charge in [-0.15, -0.1) is 0 Å². The first-order valence-corrected chi connectivity index (χ1v) is 3.12. The maximum Gasteiger partial charge on any atom is 0.337 e. The zero-order valence-corrected chi connectivity index (χ0v) is 6.38. The van der Waals surface area contributed by atoms with E-state index in [0.717, 1.165) is 7.11 Å². The lowest BCUT2D eigenvalue weighted by atomic mass is 10.1. The van der Waals surface area contributed by atoms with Crippen molar-refractivity contribution in [2.75, 3.05) is 7.11 Å². The first kappa shape index (κ1) is 11.0. The number of aliphatic hydroxyl groups is 3. The average molecular weight is 178 g/mol. The van der Waals surface area contributed by atoms with Crippen LogP contribution in [0.3, 0.4) is 0 Å². The van der Waals surface area contributed by atoms with E-state index in [1.165, 1.54) is 0 Å². The third kappa shape index (κ3) is 2.57. The Labute approximate surface area is 68.4 Å². The first-order valence-electron chi connectivity index (χ1n) is 3.12. The highest BCUT2D eigenvalue weighted by atomic mass is 16.5. The number of aliphatic hydroxyl groups excluding tert-OH is 3. The van der Waals surface area contributed by atoms with Crippen molar-refractivity contribution in [2.45, 2.75) is 18.3 Å². The largest absolute Gasteiger partial charge is 0.467 e. The molecule has 0 aromatic heterocycles. The number of ether oxygens (including phenoxy) is 1. The Bertz CT molecular complexity index is 167. The van der Waals surface area contributed by atoms with Gasteiger partial charge in [-0.1, -0.05) is 0 Å². The number of hydrogen-bond donors (Lipinski definition) is 3. The van der Waals surface area contributed by atoms with Gasteiger partial charge in [-0.05, 0) is 0 Å². The molecule has 0 fully saturated rings. The molecule has 0 aliphatic heterocycles. The molecule has 70 valence electrons. The van der Waals surface area contributed by atoms with Gasteiger partial charge in [0.1, 0.15) is 12.2 Å². The van der Waals surface area contributed by atoms with Crippen LogP contribution in [0.5, 0.6) is 0 Å². The van der Waals surface area contributed by atoms with Crippen molar-refractivity contribution < 1.29 is 29.6 Å². The van der Waals surface area contributed by atoms with Gasteiger partial charge in [0.05, 0.1) is 7.11 Å². The third-order valence-electron chi connectivity index (χ3n) is 1.26. The fourth-order valence-electron chi connectivity index (χ4n) is 0.527. The lowest BCUT2D eigenvalue weighted by Crippen LogP contribution is -2.43. The van der Waals surface area contributed by atoms with Crippen LogP contribution in [-0.4, -0.2) is 53.0 Å². The van der Waals surface area contributed by atoms with Gasteiger partial charge in [-0.3, -0.25) is 0 Å². The van der Waals surface area contributed by atoms with Gasteiger partial charge in [0.25, 0.3) is 0 Å². The van der Waals surface area contributed by atoms with E-state index in [4.69, 9.17) is 15.3 Å². The standard InChI is InChI=1S/C6H10O6/c1-12-6(11)5(10)4(9)3(8)2-7/h2-5,8-10H,1H3/t3-,4-,5+/m1/s1. The van der Waals surface area contributed by atoms with E-state index < -0.39 is 24.3 Å². The second kappa shape index (κ2) is 4.81. The molecule has 0 aromatic carbocycles. The topological polar surface area (TPSA) is 104 Å². The predicted molar refractivity (Wildman–Crippen MR) is 36.1 cm³/mol. The Morgan fingerprint density at radius 3 is 2.25 bits per heavy atom. The molecule has 12 heavy (non-hydrogen) atoms. The van der Waals surface area contributed by atoms with Gasteiger partial charge in [0.15, 0.2) is 12.4 Å². The molecule has 0 saturated heterocycles. The van der Waals surface area contributed by atoms with Gasteiger partial charge in [0.2, 0.25) is 0 Å². The van der Waals surface area contributed by atoms with Crippen LogP contribution < -0.4 is 0 Å². The molecule has 6 nitrogen and oxygen atoms in total. The zero-order valence-electron chi connectivity index (χ0n) is 6.38. The van der Waals surface area contributed by atoms with Gasteiger partial charge >= 0.3 is 5.97 Å². The van der Waals surface area contributed by atoms with Crippen LogP contribution in [0.15, 0.2) is 0 Å². The molecule has 0 radical (unpaired) electrons. The van der Waals surface area contributed by atoms with Gasteiger partial charge < -0.3 is 24.9 Å². The summed E-state index contributed by atoms with van der Waals surface area (Å²) in [7, 11) is 1.01. The van der Waals surface area contributed by atoms with E-state index in [-0.39, 0.29) is 6.29 Å². The number of esters is 1. The van der Waals surface area contributed by atoms with E-state index in [1.54, 1.807) is 0 Å². The second-order valence-corrected chi connectivity index (χ2v) is 2.09. The summed E-state index contributed by atoms with van der Waals surface area (Å²) in [4.78, 5) is 20.4. The van der Waals surface area contributed by atoms with E-state index in [0.29, 0.717) is 0 Å². The van der Waals surface area contributed by atoms with Crippen LogP contribution in [0.25, 0.3) is 0 Å². The molecule has 3 atom stereocenters. The second-order valence-electron chi connectivity index (χ2n) is 2.09. The molecule has 0 amide bonds. The average Bonchev–Trinajstić information content (AvgIpc) is 2.12. The molecule has 0 unspecified atom stereocenters. The fraction of sp³-hybridized carbons (Fsp3) is 0.667. The Morgan fingerprint density at radius 1 is 1.42 bits per heavy atom. The van der Waals surface area contributed by atoms with Crippen molar-refractivity contribution in [1.82, 2.24) is 0 Å². The monoisotopic (exact) mass is 178 g/mol. The van der Waals surface area contributed by atoms with Gasteiger partial charge in [-0.2, -0.15) is 0 Å². The quantitative estimate of drug-likeness (QED) is 0.323. The van der Waals surface area contributed by atoms with Crippen LogP contribution in [0.1, 0.15) is 0 Å². The summed E-state index contributed by atoms with van der Waals surface area (Å²) in [6.07, 6.45) is -5.54. The predicted octanol–water partition coefficient (Wildman–Crippen LogP) is -2.56. The Hall–Kier alpha value is -0.980. The molecule has 0 heterocycles. The minimum atomic E-state index is -1.91. The minimum Gasteiger partial charge on any atom is -0.467 e. The summed E-state index contributed by atoms with van der Waals surface area (Å²) in [5, 5.41) is 26.4. The molecule has 0 aromatic rings. The molecule has 0 aliphatic rings.